The summed E-state index contributed by atoms with van der Waals surface area (Å²) in [6, 6.07) is 77.1. The average molecular weight is 780 g/mol. The Morgan fingerprint density at radius 2 is 0.803 bits per heavy atom. The average Bonchev–Trinajstić information content (AvgIpc) is 3.84. The fourth-order valence-electron chi connectivity index (χ4n) is 10.1. The lowest BCUT2D eigenvalue weighted by Crippen LogP contribution is -2.16. The fourth-order valence-corrected chi connectivity index (χ4v) is 10.1. The number of benzene rings is 10. The van der Waals surface area contributed by atoms with E-state index in [-0.39, 0.29) is 5.41 Å². The van der Waals surface area contributed by atoms with E-state index in [0.717, 1.165) is 66.6 Å². The molecule has 0 fully saturated rings. The second-order valence-corrected chi connectivity index (χ2v) is 16.8. The van der Waals surface area contributed by atoms with Crippen LogP contribution in [0.5, 0.6) is 0 Å². The van der Waals surface area contributed by atoms with E-state index in [9.17, 15) is 0 Å². The molecule has 0 N–H and O–H groups in total. The van der Waals surface area contributed by atoms with Gasteiger partial charge in [-0.2, -0.15) is 0 Å². The summed E-state index contributed by atoms with van der Waals surface area (Å²) in [5, 5.41) is 7.05. The third-order valence-corrected chi connectivity index (χ3v) is 13.1. The summed E-state index contributed by atoms with van der Waals surface area (Å²) in [5.74, 6) is 0. The third-order valence-electron chi connectivity index (χ3n) is 13.1. The minimum absolute atomic E-state index is 0.116. The molecule has 0 unspecified atom stereocenters. The lowest BCUT2D eigenvalue weighted by molar-refractivity contribution is 0.660. The van der Waals surface area contributed by atoms with E-state index in [1.54, 1.807) is 0 Å². The molecule has 2 heteroatoms. The number of hydrogen-bond acceptors (Lipinski definition) is 2. The first kappa shape index (κ1) is 35.3. The first-order chi connectivity index (χ1) is 30.0. The number of hydrogen-bond donors (Lipinski definition) is 0. The summed E-state index contributed by atoms with van der Waals surface area (Å²) < 4.78 is 7.11. The number of fused-ring (bicyclic) bond motifs is 11. The maximum Gasteiger partial charge on any atom is 0.143 e. The van der Waals surface area contributed by atoms with Crippen LogP contribution in [-0.4, -0.2) is 0 Å². The van der Waals surface area contributed by atoms with Crippen molar-refractivity contribution in [1.29, 1.82) is 0 Å². The van der Waals surface area contributed by atoms with Gasteiger partial charge in [-0.25, -0.2) is 0 Å². The maximum atomic E-state index is 7.11. The van der Waals surface area contributed by atoms with Gasteiger partial charge in [-0.1, -0.05) is 184 Å². The predicted molar refractivity (Wildman–Crippen MR) is 257 cm³/mol. The molecule has 0 spiro atoms. The number of furan rings is 1. The zero-order valence-electron chi connectivity index (χ0n) is 34.1. The van der Waals surface area contributed by atoms with Gasteiger partial charge in [-0.05, 0) is 109 Å². The molecule has 0 radical (unpaired) electrons. The third kappa shape index (κ3) is 5.49. The largest absolute Gasteiger partial charge is 0.455 e. The fraction of sp³-hybridized carbons (Fsp3) is 0.0508. The molecular formula is C59H41NO. The van der Waals surface area contributed by atoms with Crippen LogP contribution in [0.15, 0.2) is 217 Å². The van der Waals surface area contributed by atoms with Gasteiger partial charge in [0, 0.05) is 44.2 Å². The highest BCUT2D eigenvalue weighted by atomic mass is 16.3. The van der Waals surface area contributed by atoms with Crippen molar-refractivity contribution in [2.24, 2.45) is 0 Å². The first-order valence-electron chi connectivity index (χ1n) is 21.2. The number of nitrogens with zero attached hydrogens (tertiary/aromatic N) is 1. The van der Waals surface area contributed by atoms with Gasteiger partial charge in [0.15, 0.2) is 0 Å². The van der Waals surface area contributed by atoms with Crippen LogP contribution in [0.3, 0.4) is 0 Å². The summed E-state index contributed by atoms with van der Waals surface area (Å²) >= 11 is 0. The highest BCUT2D eigenvalue weighted by Gasteiger charge is 2.35. The Kier molecular flexibility index (Phi) is 7.92. The van der Waals surface area contributed by atoms with Gasteiger partial charge in [0.1, 0.15) is 11.2 Å². The Bertz CT molecular complexity index is 3470. The van der Waals surface area contributed by atoms with E-state index in [1.165, 1.54) is 49.5 Å². The van der Waals surface area contributed by atoms with Crippen molar-refractivity contribution in [3.05, 3.63) is 223 Å². The van der Waals surface area contributed by atoms with E-state index in [2.05, 4.69) is 231 Å². The molecule has 12 rings (SSSR count). The molecule has 0 saturated heterocycles. The van der Waals surface area contributed by atoms with Crippen LogP contribution in [0.4, 0.5) is 17.1 Å². The van der Waals surface area contributed by atoms with Gasteiger partial charge in [-0.3, -0.25) is 0 Å². The van der Waals surface area contributed by atoms with E-state index in [0.29, 0.717) is 0 Å². The highest BCUT2D eigenvalue weighted by Crippen LogP contribution is 2.51. The Morgan fingerprint density at radius 3 is 1.51 bits per heavy atom. The Balaban J connectivity index is 1.05. The van der Waals surface area contributed by atoms with Gasteiger partial charge in [0.2, 0.25) is 0 Å². The molecule has 10 aromatic carbocycles. The molecule has 61 heavy (non-hydrogen) atoms. The van der Waals surface area contributed by atoms with Crippen molar-refractivity contribution in [3.63, 3.8) is 0 Å². The normalized spacial score (nSPS) is 12.9. The molecule has 2 nitrogen and oxygen atoms in total. The van der Waals surface area contributed by atoms with Gasteiger partial charge in [0.05, 0.1) is 0 Å². The Hall–Kier alpha value is -7.68. The number of rotatable bonds is 6. The molecule has 11 aromatic rings. The molecule has 1 aromatic heterocycles. The molecule has 0 amide bonds. The summed E-state index contributed by atoms with van der Waals surface area (Å²) in [6.07, 6.45) is 0. The molecule has 1 aliphatic rings. The van der Waals surface area contributed by atoms with Crippen molar-refractivity contribution >= 4 is 60.5 Å². The van der Waals surface area contributed by atoms with E-state index in [4.69, 9.17) is 4.42 Å². The molecular weight excluding hydrogens is 739 g/mol. The Morgan fingerprint density at radius 1 is 0.328 bits per heavy atom. The predicted octanol–water partition coefficient (Wildman–Crippen LogP) is 16.7. The molecule has 0 aliphatic heterocycles. The standard InChI is InChI=1S/C59H41NO/c1-59(2)53-24-14-13-21-49(53)50-34-33-44(37-54(50)59)60(42-29-25-39(26-30-42)38-15-5-3-6-16-38)43-31-27-41(28-32-43)45-35-36-46(40-17-7-4-8-18-40)57-55(45)56-51-22-11-9-19-47(51)48-20-10-12-23-52(48)58(56)61-57/h3-37H,1-2H3. The quantitative estimate of drug-likeness (QED) is 0.156. The van der Waals surface area contributed by atoms with Gasteiger partial charge >= 0.3 is 0 Å². The summed E-state index contributed by atoms with van der Waals surface area (Å²) in [4.78, 5) is 2.40. The second-order valence-electron chi connectivity index (χ2n) is 16.8. The summed E-state index contributed by atoms with van der Waals surface area (Å²) in [7, 11) is 0. The lowest BCUT2D eigenvalue weighted by Gasteiger charge is -2.28. The van der Waals surface area contributed by atoms with Gasteiger partial charge in [-0.15, -0.1) is 0 Å². The van der Waals surface area contributed by atoms with Crippen molar-refractivity contribution in [1.82, 2.24) is 0 Å². The molecule has 0 bridgehead atoms. The van der Waals surface area contributed by atoms with Crippen LogP contribution < -0.4 is 4.90 Å². The van der Waals surface area contributed by atoms with E-state index >= 15 is 0 Å². The van der Waals surface area contributed by atoms with Crippen LogP contribution in [0, 0.1) is 0 Å². The molecule has 1 heterocycles. The zero-order chi connectivity index (χ0) is 40.7. The minimum atomic E-state index is -0.116. The van der Waals surface area contributed by atoms with Crippen LogP contribution in [0.2, 0.25) is 0 Å². The van der Waals surface area contributed by atoms with Gasteiger partial charge < -0.3 is 9.32 Å². The van der Waals surface area contributed by atoms with Crippen LogP contribution >= 0.6 is 0 Å². The minimum Gasteiger partial charge on any atom is -0.455 e. The van der Waals surface area contributed by atoms with Crippen LogP contribution in [-0.2, 0) is 5.41 Å². The Labute approximate surface area is 355 Å². The number of anilines is 3. The lowest BCUT2D eigenvalue weighted by atomic mass is 9.82. The summed E-state index contributed by atoms with van der Waals surface area (Å²) in [6.45, 7) is 4.70. The van der Waals surface area contributed by atoms with Crippen molar-refractivity contribution in [3.8, 4) is 44.5 Å². The van der Waals surface area contributed by atoms with E-state index in [1.807, 2.05) is 0 Å². The summed E-state index contributed by atoms with van der Waals surface area (Å²) in [5.41, 5.74) is 17.3. The molecule has 0 atom stereocenters. The topological polar surface area (TPSA) is 16.4 Å². The van der Waals surface area contributed by atoms with Crippen LogP contribution in [0.25, 0.3) is 88.0 Å². The molecule has 0 saturated carbocycles. The smallest absolute Gasteiger partial charge is 0.143 e. The second kappa shape index (κ2) is 13.7. The zero-order valence-corrected chi connectivity index (χ0v) is 34.1. The van der Waals surface area contributed by atoms with Crippen molar-refractivity contribution in [2.75, 3.05) is 4.90 Å². The SMILES string of the molecule is CC1(C)c2ccccc2-c2ccc(N(c3ccc(-c4ccccc4)cc3)c3ccc(-c4ccc(-c5ccccc5)c5oc6c7ccccc7c7ccccc7c6c45)cc3)cc21. The monoisotopic (exact) mass is 779 g/mol. The maximum absolute atomic E-state index is 7.11. The molecule has 288 valence electrons. The van der Waals surface area contributed by atoms with Crippen molar-refractivity contribution in [2.45, 2.75) is 19.3 Å². The highest BCUT2D eigenvalue weighted by molar-refractivity contribution is 6.33. The molecule has 1 aliphatic carbocycles. The van der Waals surface area contributed by atoms with E-state index < -0.39 is 0 Å². The van der Waals surface area contributed by atoms with Crippen LogP contribution in [0.1, 0.15) is 25.0 Å². The van der Waals surface area contributed by atoms with Gasteiger partial charge in [0.25, 0.3) is 0 Å². The van der Waals surface area contributed by atoms with Crippen molar-refractivity contribution < 1.29 is 4.42 Å². The first-order valence-corrected chi connectivity index (χ1v) is 21.2.